The van der Waals surface area contributed by atoms with Gasteiger partial charge in [0.1, 0.15) is 0 Å². The number of hydrogen-bond acceptors (Lipinski definition) is 3. The average Bonchev–Trinajstić information content (AvgIpc) is 2.92. The van der Waals surface area contributed by atoms with E-state index in [0.29, 0.717) is 0 Å². The van der Waals surface area contributed by atoms with E-state index in [4.69, 9.17) is 0 Å². The number of amides is 1. The third kappa shape index (κ3) is 3.60. The first-order valence-corrected chi connectivity index (χ1v) is 6.73. The monoisotopic (exact) mass is 272 g/mol. The Hall–Kier alpha value is -2.30. The van der Waals surface area contributed by atoms with Crippen LogP contribution in [0.25, 0.3) is 0 Å². The molecule has 0 spiro atoms. The Morgan fingerprint density at radius 2 is 1.95 bits per heavy atom. The number of aromatic amines is 1. The fraction of sp³-hybridized carbons (Fsp3) is 0.333. The summed E-state index contributed by atoms with van der Waals surface area (Å²) in [6.07, 6.45) is 1.73. The zero-order chi connectivity index (χ0) is 14.5. The van der Waals surface area contributed by atoms with Gasteiger partial charge in [0.2, 0.25) is 5.91 Å². The van der Waals surface area contributed by atoms with Crippen LogP contribution >= 0.6 is 0 Å². The highest BCUT2D eigenvalue weighted by Crippen LogP contribution is 2.20. The number of rotatable bonds is 5. The van der Waals surface area contributed by atoms with Gasteiger partial charge in [-0.2, -0.15) is 5.10 Å². The fourth-order valence-corrected chi connectivity index (χ4v) is 1.81. The average molecular weight is 272 g/mol. The van der Waals surface area contributed by atoms with Gasteiger partial charge in [0.15, 0.2) is 0 Å². The maximum Gasteiger partial charge on any atom is 0.226 e. The van der Waals surface area contributed by atoms with E-state index in [9.17, 15) is 4.79 Å². The van der Waals surface area contributed by atoms with Crippen LogP contribution < -0.4 is 10.6 Å². The lowest BCUT2D eigenvalue weighted by Crippen LogP contribution is -2.17. The van der Waals surface area contributed by atoms with Gasteiger partial charge in [-0.15, -0.1) is 0 Å². The van der Waals surface area contributed by atoms with Gasteiger partial charge in [-0.05, 0) is 31.2 Å². The van der Waals surface area contributed by atoms with Crippen molar-refractivity contribution in [3.8, 4) is 0 Å². The van der Waals surface area contributed by atoms with Crippen LogP contribution in [0.3, 0.4) is 0 Å². The standard InChI is InChI=1S/C15H20N4O/c1-10(2)15(20)18-13-6-4-5-12(9-13)17-11(3)14-7-8-16-19-14/h4-11,17H,1-3H3,(H,16,19)(H,18,20). The first-order valence-electron chi connectivity index (χ1n) is 6.73. The topological polar surface area (TPSA) is 69.8 Å². The molecule has 0 bridgehead atoms. The Bertz CT molecular complexity index is 563. The van der Waals surface area contributed by atoms with Gasteiger partial charge in [-0.1, -0.05) is 19.9 Å². The van der Waals surface area contributed by atoms with E-state index in [1.807, 2.05) is 51.1 Å². The largest absolute Gasteiger partial charge is 0.377 e. The molecule has 106 valence electrons. The molecule has 0 saturated carbocycles. The summed E-state index contributed by atoms with van der Waals surface area (Å²) in [7, 11) is 0. The predicted octanol–water partition coefficient (Wildman–Crippen LogP) is 3.18. The normalized spacial score (nSPS) is 12.2. The summed E-state index contributed by atoms with van der Waals surface area (Å²) < 4.78 is 0. The van der Waals surface area contributed by atoms with E-state index < -0.39 is 0 Å². The number of carbonyl (C=O) groups excluding carboxylic acids is 1. The molecule has 20 heavy (non-hydrogen) atoms. The van der Waals surface area contributed by atoms with Crippen LogP contribution in [0.5, 0.6) is 0 Å². The lowest BCUT2D eigenvalue weighted by Gasteiger charge is -2.15. The molecule has 0 saturated heterocycles. The molecule has 2 aromatic rings. The molecule has 1 atom stereocenters. The van der Waals surface area contributed by atoms with Gasteiger partial charge in [-0.25, -0.2) is 0 Å². The van der Waals surface area contributed by atoms with E-state index in [-0.39, 0.29) is 17.9 Å². The van der Waals surface area contributed by atoms with Gasteiger partial charge in [-0.3, -0.25) is 9.89 Å². The van der Waals surface area contributed by atoms with Gasteiger partial charge in [0, 0.05) is 23.5 Å². The van der Waals surface area contributed by atoms with Crippen molar-refractivity contribution in [2.45, 2.75) is 26.8 Å². The van der Waals surface area contributed by atoms with Gasteiger partial charge in [0.25, 0.3) is 0 Å². The zero-order valence-corrected chi connectivity index (χ0v) is 12.0. The molecule has 5 heteroatoms. The highest BCUT2D eigenvalue weighted by molar-refractivity contribution is 5.92. The van der Waals surface area contributed by atoms with Crippen LogP contribution in [0, 0.1) is 5.92 Å². The molecule has 1 aromatic heterocycles. The van der Waals surface area contributed by atoms with Crippen LogP contribution in [0.15, 0.2) is 36.5 Å². The lowest BCUT2D eigenvalue weighted by molar-refractivity contribution is -0.118. The number of benzene rings is 1. The summed E-state index contributed by atoms with van der Waals surface area (Å²) in [6.45, 7) is 5.79. The van der Waals surface area contributed by atoms with Crippen molar-refractivity contribution >= 4 is 17.3 Å². The SMILES string of the molecule is CC(C)C(=O)Nc1cccc(NC(C)c2ccn[nH]2)c1. The Labute approximate surface area is 118 Å². The smallest absolute Gasteiger partial charge is 0.226 e. The minimum atomic E-state index is -0.0319. The van der Waals surface area contributed by atoms with E-state index in [1.54, 1.807) is 6.20 Å². The Balaban J connectivity index is 2.04. The van der Waals surface area contributed by atoms with E-state index in [1.165, 1.54) is 0 Å². The van der Waals surface area contributed by atoms with Crippen LogP contribution in [0.2, 0.25) is 0 Å². The molecule has 1 amide bonds. The number of H-pyrrole nitrogens is 1. The Morgan fingerprint density at radius 1 is 1.20 bits per heavy atom. The van der Waals surface area contributed by atoms with E-state index in [2.05, 4.69) is 20.8 Å². The summed E-state index contributed by atoms with van der Waals surface area (Å²) in [5, 5.41) is 13.1. The summed E-state index contributed by atoms with van der Waals surface area (Å²) in [5.41, 5.74) is 2.76. The molecular weight excluding hydrogens is 252 g/mol. The summed E-state index contributed by atoms with van der Waals surface area (Å²) in [6, 6.07) is 9.74. The number of aromatic nitrogens is 2. The molecule has 0 aliphatic carbocycles. The van der Waals surface area contributed by atoms with Gasteiger partial charge in [0.05, 0.1) is 11.7 Å². The number of nitrogens with zero attached hydrogens (tertiary/aromatic N) is 1. The minimum absolute atomic E-state index is 0.0174. The lowest BCUT2D eigenvalue weighted by atomic mass is 10.2. The molecule has 1 unspecified atom stereocenters. The van der Waals surface area contributed by atoms with Crippen molar-refractivity contribution < 1.29 is 4.79 Å². The second-order valence-corrected chi connectivity index (χ2v) is 5.10. The number of nitrogens with one attached hydrogen (secondary N) is 3. The fourth-order valence-electron chi connectivity index (χ4n) is 1.81. The number of anilines is 2. The van der Waals surface area contributed by atoms with Gasteiger partial charge >= 0.3 is 0 Å². The predicted molar refractivity (Wildman–Crippen MR) is 80.5 cm³/mol. The molecule has 5 nitrogen and oxygen atoms in total. The van der Waals surface area contributed by atoms with Crippen molar-refractivity contribution in [2.75, 3.05) is 10.6 Å². The Morgan fingerprint density at radius 3 is 2.60 bits per heavy atom. The molecule has 0 aliphatic rings. The molecule has 0 fully saturated rings. The number of carbonyl (C=O) groups is 1. The van der Waals surface area contributed by atoms with Crippen LogP contribution in [0.1, 0.15) is 32.5 Å². The van der Waals surface area contributed by atoms with Crippen LogP contribution in [0.4, 0.5) is 11.4 Å². The third-order valence-corrected chi connectivity index (χ3v) is 3.03. The molecule has 1 heterocycles. The van der Waals surface area contributed by atoms with Crippen molar-refractivity contribution in [1.82, 2.24) is 10.2 Å². The Kier molecular flexibility index (Phi) is 4.40. The van der Waals surface area contributed by atoms with Crippen molar-refractivity contribution in [1.29, 1.82) is 0 Å². The molecular formula is C15H20N4O. The number of hydrogen-bond donors (Lipinski definition) is 3. The quantitative estimate of drug-likeness (QED) is 0.783. The summed E-state index contributed by atoms with van der Waals surface area (Å²) in [4.78, 5) is 11.7. The van der Waals surface area contributed by atoms with Crippen molar-refractivity contribution in [3.05, 3.63) is 42.2 Å². The second kappa shape index (κ2) is 6.23. The van der Waals surface area contributed by atoms with E-state index in [0.717, 1.165) is 17.1 Å². The summed E-state index contributed by atoms with van der Waals surface area (Å²) in [5.74, 6) is -0.0145. The van der Waals surface area contributed by atoms with E-state index >= 15 is 0 Å². The van der Waals surface area contributed by atoms with Gasteiger partial charge < -0.3 is 10.6 Å². The maximum absolute atomic E-state index is 11.7. The first kappa shape index (κ1) is 14.1. The van der Waals surface area contributed by atoms with Crippen LogP contribution in [-0.4, -0.2) is 16.1 Å². The van der Waals surface area contributed by atoms with Crippen LogP contribution in [-0.2, 0) is 4.79 Å². The third-order valence-electron chi connectivity index (χ3n) is 3.03. The highest BCUT2D eigenvalue weighted by Gasteiger charge is 2.09. The maximum atomic E-state index is 11.7. The molecule has 0 radical (unpaired) electrons. The van der Waals surface area contributed by atoms with Crippen molar-refractivity contribution in [3.63, 3.8) is 0 Å². The molecule has 0 aliphatic heterocycles. The summed E-state index contributed by atoms with van der Waals surface area (Å²) >= 11 is 0. The molecule has 3 N–H and O–H groups in total. The highest BCUT2D eigenvalue weighted by atomic mass is 16.1. The van der Waals surface area contributed by atoms with Crippen molar-refractivity contribution in [2.24, 2.45) is 5.92 Å². The second-order valence-electron chi connectivity index (χ2n) is 5.10. The first-order chi connectivity index (χ1) is 9.56. The molecule has 2 rings (SSSR count). The minimum Gasteiger partial charge on any atom is -0.377 e. The molecule has 1 aromatic carbocycles. The zero-order valence-electron chi connectivity index (χ0n) is 12.0.